The monoisotopic (exact) mass is 300 g/mol. The average Bonchev–Trinajstić information content (AvgIpc) is 2.48. The van der Waals surface area contributed by atoms with Crippen LogP contribution in [0.5, 0.6) is 0 Å². The largest absolute Gasteiger partial charge is 0.303 e. The van der Waals surface area contributed by atoms with Crippen LogP contribution in [0.4, 0.5) is 0 Å². The second-order valence-corrected chi connectivity index (χ2v) is 7.84. The fourth-order valence-electron chi connectivity index (χ4n) is 5.05. The zero-order valence-electron chi connectivity index (χ0n) is 14.3. The highest BCUT2D eigenvalue weighted by atomic mass is 16.1. The summed E-state index contributed by atoms with van der Waals surface area (Å²) in [5.41, 5.74) is 0.800. The molecule has 0 unspecified atom stereocenters. The van der Waals surface area contributed by atoms with Crippen molar-refractivity contribution in [2.45, 2.75) is 65.2 Å². The van der Waals surface area contributed by atoms with Crippen molar-refractivity contribution >= 4 is 6.29 Å². The Labute approximate surface area is 136 Å². The van der Waals surface area contributed by atoms with Crippen molar-refractivity contribution in [1.82, 2.24) is 0 Å². The van der Waals surface area contributed by atoms with Gasteiger partial charge < -0.3 is 4.79 Å². The predicted octanol–water partition coefficient (Wildman–Crippen LogP) is 5.89. The van der Waals surface area contributed by atoms with Gasteiger partial charge in [-0.3, -0.25) is 0 Å². The molecule has 0 radical (unpaired) electrons. The summed E-state index contributed by atoms with van der Waals surface area (Å²) in [6, 6.07) is 12.0. The van der Waals surface area contributed by atoms with Crippen LogP contribution in [-0.4, -0.2) is 6.29 Å². The van der Waals surface area contributed by atoms with Gasteiger partial charge in [-0.2, -0.15) is 0 Å². The van der Waals surface area contributed by atoms with Crippen LogP contribution in [0.1, 0.15) is 65.2 Å². The molecule has 1 nitrogen and oxygen atoms in total. The number of carbonyl (C=O) groups is 1. The van der Waals surface area contributed by atoms with E-state index in [0.29, 0.717) is 6.42 Å². The van der Waals surface area contributed by atoms with Crippen molar-refractivity contribution in [2.75, 3.05) is 0 Å². The molecule has 0 aromatic heterocycles. The van der Waals surface area contributed by atoms with E-state index in [9.17, 15) is 4.79 Å². The minimum atomic E-state index is 0.708. The molecule has 0 saturated heterocycles. The van der Waals surface area contributed by atoms with E-state index in [1.807, 2.05) is 43.3 Å². The lowest BCUT2D eigenvalue weighted by Crippen LogP contribution is -2.44. The van der Waals surface area contributed by atoms with Crippen molar-refractivity contribution in [3.05, 3.63) is 36.4 Å². The predicted molar refractivity (Wildman–Crippen MR) is 93.7 cm³/mol. The first-order chi connectivity index (χ1) is 10.6. The van der Waals surface area contributed by atoms with Crippen molar-refractivity contribution in [3.8, 4) is 0 Å². The number of benzene rings is 1. The second kappa shape index (κ2) is 8.50. The fraction of sp³-hybridized carbons (Fsp3) is 0.667. The molecule has 0 atom stereocenters. The maximum absolute atomic E-state index is 9.40. The molecular formula is C21H32O. The summed E-state index contributed by atoms with van der Waals surface area (Å²) in [5, 5.41) is 0. The first-order valence-electron chi connectivity index (χ1n) is 9.09. The number of unbranched alkanes of at least 4 members (excludes halogenated alkanes) is 1. The molecule has 0 amide bonds. The normalized spacial score (nSPS) is 34.0. The summed E-state index contributed by atoms with van der Waals surface area (Å²) < 4.78 is 0. The third kappa shape index (κ3) is 5.26. The molecule has 0 spiro atoms. The maximum Gasteiger partial charge on any atom is 0.119 e. The SMILES string of the molecule is CC12CC3CC(CC(C3)C1)C2.CCCC=O.c1ccccc1. The highest BCUT2D eigenvalue weighted by molar-refractivity contribution is 5.48. The quantitative estimate of drug-likeness (QED) is 0.622. The Kier molecular flexibility index (Phi) is 6.67. The number of aldehydes is 1. The standard InChI is InChI=1S/C11H18.C6H6.C4H8O/c1-11-5-8-2-9(6-11)4-10(3-8)7-11;1-2-4-6-5-3-1;1-2-3-4-5/h8-10H,2-7H2,1H3;1-6H;4H,2-3H2,1H3. The Morgan fingerprint density at radius 3 is 1.41 bits per heavy atom. The van der Waals surface area contributed by atoms with Crippen molar-refractivity contribution in [2.24, 2.45) is 23.2 Å². The molecular weight excluding hydrogens is 268 g/mol. The van der Waals surface area contributed by atoms with E-state index in [4.69, 9.17) is 0 Å². The summed E-state index contributed by atoms with van der Waals surface area (Å²) in [4.78, 5) is 9.40. The van der Waals surface area contributed by atoms with Gasteiger partial charge >= 0.3 is 0 Å². The molecule has 5 rings (SSSR count). The Balaban J connectivity index is 0.000000137. The van der Waals surface area contributed by atoms with Gasteiger partial charge in [-0.1, -0.05) is 50.2 Å². The van der Waals surface area contributed by atoms with Crippen LogP contribution in [-0.2, 0) is 4.79 Å². The third-order valence-electron chi connectivity index (χ3n) is 5.42. The number of carbonyl (C=O) groups excluding carboxylic acids is 1. The number of rotatable bonds is 2. The summed E-state index contributed by atoms with van der Waals surface area (Å²) in [6.07, 6.45) is 12.1. The van der Waals surface area contributed by atoms with Crippen molar-refractivity contribution < 1.29 is 4.79 Å². The summed E-state index contributed by atoms with van der Waals surface area (Å²) in [5.74, 6) is 3.43. The van der Waals surface area contributed by atoms with Gasteiger partial charge in [0.05, 0.1) is 0 Å². The van der Waals surface area contributed by atoms with Crippen LogP contribution in [0.3, 0.4) is 0 Å². The molecule has 22 heavy (non-hydrogen) atoms. The van der Waals surface area contributed by atoms with Crippen LogP contribution >= 0.6 is 0 Å². The highest BCUT2D eigenvalue weighted by Gasteiger charge is 2.48. The van der Waals surface area contributed by atoms with Crippen LogP contribution in [0.2, 0.25) is 0 Å². The van der Waals surface area contributed by atoms with Crippen molar-refractivity contribution in [1.29, 1.82) is 0 Å². The minimum Gasteiger partial charge on any atom is -0.303 e. The van der Waals surface area contributed by atoms with Gasteiger partial charge in [0, 0.05) is 6.42 Å². The molecule has 4 fully saturated rings. The van der Waals surface area contributed by atoms with Gasteiger partial charge in [-0.05, 0) is 68.1 Å². The molecule has 4 bridgehead atoms. The fourth-order valence-corrected chi connectivity index (χ4v) is 5.05. The van der Waals surface area contributed by atoms with Crippen molar-refractivity contribution in [3.63, 3.8) is 0 Å². The first kappa shape index (κ1) is 17.2. The Bertz CT molecular complexity index is 361. The van der Waals surface area contributed by atoms with E-state index >= 15 is 0 Å². The smallest absolute Gasteiger partial charge is 0.119 e. The average molecular weight is 300 g/mol. The van der Waals surface area contributed by atoms with Crippen LogP contribution in [0.15, 0.2) is 36.4 Å². The molecule has 0 N–H and O–H groups in total. The molecule has 122 valence electrons. The van der Waals surface area contributed by atoms with E-state index in [1.165, 1.54) is 0 Å². The van der Waals surface area contributed by atoms with E-state index < -0.39 is 0 Å². The van der Waals surface area contributed by atoms with E-state index in [-0.39, 0.29) is 0 Å². The van der Waals surface area contributed by atoms with Gasteiger partial charge in [-0.25, -0.2) is 0 Å². The number of hydrogen-bond acceptors (Lipinski definition) is 1. The molecule has 1 aromatic carbocycles. The second-order valence-electron chi connectivity index (χ2n) is 7.84. The lowest BCUT2D eigenvalue weighted by molar-refractivity contribution is -0.107. The Morgan fingerprint density at radius 2 is 1.23 bits per heavy atom. The molecule has 1 heteroatoms. The molecule has 0 aliphatic heterocycles. The molecule has 4 aliphatic carbocycles. The third-order valence-corrected chi connectivity index (χ3v) is 5.42. The Morgan fingerprint density at radius 1 is 0.864 bits per heavy atom. The van der Waals surface area contributed by atoms with Gasteiger partial charge in [0.15, 0.2) is 0 Å². The Hall–Kier alpha value is -1.11. The van der Waals surface area contributed by atoms with E-state index in [1.54, 1.807) is 38.5 Å². The molecule has 4 saturated carbocycles. The lowest BCUT2D eigenvalue weighted by atomic mass is 9.50. The molecule has 4 aliphatic rings. The lowest BCUT2D eigenvalue weighted by Gasteiger charge is -2.55. The summed E-state index contributed by atoms with van der Waals surface area (Å²) >= 11 is 0. The van der Waals surface area contributed by atoms with Gasteiger partial charge in [0.1, 0.15) is 6.29 Å². The minimum absolute atomic E-state index is 0.708. The zero-order chi connectivity index (χ0) is 15.8. The molecule has 1 aromatic rings. The number of hydrogen-bond donors (Lipinski definition) is 0. The van der Waals surface area contributed by atoms with Gasteiger partial charge in [0.2, 0.25) is 0 Å². The maximum atomic E-state index is 9.40. The first-order valence-corrected chi connectivity index (χ1v) is 9.09. The van der Waals surface area contributed by atoms with Gasteiger partial charge in [0.25, 0.3) is 0 Å². The molecule has 0 heterocycles. The van der Waals surface area contributed by atoms with E-state index in [2.05, 4.69) is 6.92 Å². The van der Waals surface area contributed by atoms with Crippen LogP contribution in [0, 0.1) is 23.2 Å². The van der Waals surface area contributed by atoms with Crippen LogP contribution < -0.4 is 0 Å². The summed E-state index contributed by atoms with van der Waals surface area (Å²) in [6.45, 7) is 4.52. The highest BCUT2D eigenvalue weighted by Crippen LogP contribution is 2.59. The van der Waals surface area contributed by atoms with E-state index in [0.717, 1.165) is 35.9 Å². The summed E-state index contributed by atoms with van der Waals surface area (Å²) in [7, 11) is 0. The topological polar surface area (TPSA) is 17.1 Å². The zero-order valence-corrected chi connectivity index (χ0v) is 14.3. The van der Waals surface area contributed by atoms with Gasteiger partial charge in [-0.15, -0.1) is 0 Å². The van der Waals surface area contributed by atoms with Crippen LogP contribution in [0.25, 0.3) is 0 Å².